The predicted molar refractivity (Wildman–Crippen MR) is 111 cm³/mol. The first-order valence-electron chi connectivity index (χ1n) is 8.99. The summed E-state index contributed by atoms with van der Waals surface area (Å²) in [5.41, 5.74) is 0. The number of furan rings is 1. The van der Waals surface area contributed by atoms with Gasteiger partial charge < -0.3 is 20.0 Å². The zero-order valence-electron chi connectivity index (χ0n) is 15.3. The van der Waals surface area contributed by atoms with E-state index in [1.54, 1.807) is 13.3 Å². The second-order valence-corrected chi connectivity index (χ2v) is 6.27. The summed E-state index contributed by atoms with van der Waals surface area (Å²) in [7, 11) is 1.70. The van der Waals surface area contributed by atoms with Crippen LogP contribution >= 0.6 is 24.0 Å². The molecule has 1 saturated heterocycles. The predicted octanol–water partition coefficient (Wildman–Crippen LogP) is 2.64. The molecule has 1 aliphatic rings. The molecule has 0 aliphatic carbocycles. The van der Waals surface area contributed by atoms with Crippen LogP contribution in [0.2, 0.25) is 0 Å². The van der Waals surface area contributed by atoms with E-state index in [0.717, 1.165) is 63.6 Å². The van der Waals surface area contributed by atoms with Gasteiger partial charge in [-0.1, -0.05) is 6.92 Å². The molecular formula is C18H31IN4O2. The van der Waals surface area contributed by atoms with E-state index in [9.17, 15) is 4.79 Å². The molecule has 0 radical (unpaired) electrons. The number of carbonyl (C=O) groups excluding carboxylic acids is 1. The summed E-state index contributed by atoms with van der Waals surface area (Å²) in [4.78, 5) is 18.5. The number of hydrogen-bond acceptors (Lipinski definition) is 3. The quantitative estimate of drug-likeness (QED) is 0.372. The van der Waals surface area contributed by atoms with Gasteiger partial charge in [0.15, 0.2) is 5.96 Å². The minimum atomic E-state index is 0. The third-order valence-electron chi connectivity index (χ3n) is 4.39. The summed E-state index contributed by atoms with van der Waals surface area (Å²) >= 11 is 0. The fourth-order valence-electron chi connectivity index (χ4n) is 2.95. The van der Waals surface area contributed by atoms with Gasteiger partial charge in [0, 0.05) is 46.1 Å². The van der Waals surface area contributed by atoms with E-state index in [1.165, 1.54) is 0 Å². The highest BCUT2D eigenvalue weighted by atomic mass is 127. The second-order valence-electron chi connectivity index (χ2n) is 6.27. The zero-order chi connectivity index (χ0) is 17.2. The first kappa shape index (κ1) is 21.8. The molecule has 2 rings (SSSR count). The number of guanidine groups is 1. The second kappa shape index (κ2) is 12.2. The lowest BCUT2D eigenvalue weighted by atomic mass is 9.93. The molecule has 1 aromatic heterocycles. The van der Waals surface area contributed by atoms with Crippen molar-refractivity contribution in [1.29, 1.82) is 0 Å². The first-order valence-corrected chi connectivity index (χ1v) is 8.99. The number of likely N-dealkylation sites (tertiary alicyclic amines) is 1. The number of amides is 1. The van der Waals surface area contributed by atoms with Gasteiger partial charge >= 0.3 is 0 Å². The van der Waals surface area contributed by atoms with Gasteiger partial charge in [-0.15, -0.1) is 24.0 Å². The fourth-order valence-corrected chi connectivity index (χ4v) is 2.95. The van der Waals surface area contributed by atoms with Crippen LogP contribution < -0.4 is 10.6 Å². The van der Waals surface area contributed by atoms with E-state index in [0.29, 0.717) is 12.3 Å². The van der Waals surface area contributed by atoms with E-state index in [2.05, 4.69) is 22.5 Å². The number of carbonyl (C=O) groups is 1. The highest BCUT2D eigenvalue weighted by Gasteiger charge is 2.23. The molecular weight excluding hydrogens is 431 g/mol. The van der Waals surface area contributed by atoms with Crippen molar-refractivity contribution in [2.75, 3.05) is 33.2 Å². The molecule has 7 heteroatoms. The molecule has 1 aliphatic heterocycles. The molecule has 2 heterocycles. The summed E-state index contributed by atoms with van der Waals surface area (Å²) in [5.74, 6) is 2.60. The minimum Gasteiger partial charge on any atom is -0.469 e. The van der Waals surface area contributed by atoms with Crippen molar-refractivity contribution >= 4 is 35.8 Å². The largest absolute Gasteiger partial charge is 0.469 e. The molecule has 25 heavy (non-hydrogen) atoms. The van der Waals surface area contributed by atoms with Crippen molar-refractivity contribution in [1.82, 2.24) is 15.5 Å². The summed E-state index contributed by atoms with van der Waals surface area (Å²) < 4.78 is 5.37. The van der Waals surface area contributed by atoms with Gasteiger partial charge in [-0.2, -0.15) is 0 Å². The van der Waals surface area contributed by atoms with Crippen molar-refractivity contribution in [2.24, 2.45) is 10.9 Å². The van der Waals surface area contributed by atoms with Crippen LogP contribution in [-0.2, 0) is 11.2 Å². The van der Waals surface area contributed by atoms with Crippen molar-refractivity contribution in [3.8, 4) is 0 Å². The molecule has 1 fully saturated rings. The molecule has 0 aromatic carbocycles. The first-order chi connectivity index (χ1) is 11.7. The average molecular weight is 462 g/mol. The molecule has 0 spiro atoms. The molecule has 0 bridgehead atoms. The molecule has 6 nitrogen and oxygen atoms in total. The molecule has 1 aromatic rings. The molecule has 0 saturated carbocycles. The Kier molecular flexibility index (Phi) is 10.6. The molecule has 142 valence electrons. The highest BCUT2D eigenvalue weighted by molar-refractivity contribution is 14.0. The maximum atomic E-state index is 11.5. The summed E-state index contributed by atoms with van der Waals surface area (Å²) in [6, 6.07) is 3.91. The van der Waals surface area contributed by atoms with Crippen LogP contribution in [0.1, 0.15) is 38.4 Å². The van der Waals surface area contributed by atoms with Gasteiger partial charge in [0.05, 0.1) is 6.26 Å². The Bertz CT molecular complexity index is 511. The maximum absolute atomic E-state index is 11.5. The van der Waals surface area contributed by atoms with E-state index < -0.39 is 0 Å². The number of rotatable bonds is 7. The third kappa shape index (κ3) is 7.66. The smallest absolute Gasteiger partial charge is 0.220 e. The van der Waals surface area contributed by atoms with Crippen LogP contribution in [-0.4, -0.2) is 50.0 Å². The van der Waals surface area contributed by atoms with Crippen LogP contribution in [0, 0.1) is 5.92 Å². The van der Waals surface area contributed by atoms with E-state index in [-0.39, 0.29) is 29.9 Å². The number of nitrogens with one attached hydrogen (secondary N) is 2. The fraction of sp³-hybridized carbons (Fsp3) is 0.667. The zero-order valence-corrected chi connectivity index (χ0v) is 17.6. The Morgan fingerprint density at radius 3 is 2.76 bits per heavy atom. The number of halogens is 1. The number of piperidine rings is 1. The lowest BCUT2D eigenvalue weighted by Gasteiger charge is -2.34. The Hall–Kier alpha value is -1.25. The lowest BCUT2D eigenvalue weighted by Crippen LogP contribution is -2.46. The Labute approximate surface area is 167 Å². The van der Waals surface area contributed by atoms with E-state index >= 15 is 0 Å². The minimum absolute atomic E-state index is 0. The average Bonchev–Trinajstić information content (AvgIpc) is 3.12. The molecule has 1 amide bonds. The van der Waals surface area contributed by atoms with Gasteiger partial charge in [0.2, 0.25) is 5.91 Å². The van der Waals surface area contributed by atoms with Crippen molar-refractivity contribution < 1.29 is 9.21 Å². The van der Waals surface area contributed by atoms with E-state index in [1.807, 2.05) is 12.1 Å². The lowest BCUT2D eigenvalue weighted by molar-refractivity contribution is -0.121. The van der Waals surface area contributed by atoms with Gasteiger partial charge in [0.1, 0.15) is 5.76 Å². The van der Waals surface area contributed by atoms with Crippen molar-refractivity contribution in [2.45, 2.75) is 39.0 Å². The summed E-state index contributed by atoms with van der Waals surface area (Å²) in [6.07, 6.45) is 6.31. The molecule has 2 N–H and O–H groups in total. The number of hydrogen-bond donors (Lipinski definition) is 2. The normalized spacial score (nSPS) is 15.6. The molecule has 0 atom stereocenters. The Balaban J connectivity index is 0.00000312. The summed E-state index contributed by atoms with van der Waals surface area (Å²) in [5, 5.41) is 6.18. The van der Waals surface area contributed by atoms with Crippen LogP contribution in [0.15, 0.2) is 27.8 Å². The maximum Gasteiger partial charge on any atom is 0.220 e. The van der Waals surface area contributed by atoms with Crippen LogP contribution in [0.25, 0.3) is 0 Å². The van der Waals surface area contributed by atoms with Crippen molar-refractivity contribution in [3.63, 3.8) is 0 Å². The molecule has 0 unspecified atom stereocenters. The van der Waals surface area contributed by atoms with Crippen LogP contribution in [0.4, 0.5) is 0 Å². The monoisotopic (exact) mass is 462 g/mol. The standard InChI is InChI=1S/C18H30N4O2.HI/c1-3-9-20-18(21-10-6-16-5-4-13-24-16)22-11-7-15(8-12-22)14-17(23)19-2;/h4-5,13,15H,3,6-12,14H2,1-2H3,(H,19,23)(H,20,21);1H. The topological polar surface area (TPSA) is 69.9 Å². The van der Waals surface area contributed by atoms with Crippen molar-refractivity contribution in [3.05, 3.63) is 24.2 Å². The van der Waals surface area contributed by atoms with Gasteiger partial charge in [-0.25, -0.2) is 0 Å². The van der Waals surface area contributed by atoms with Gasteiger partial charge in [-0.3, -0.25) is 9.79 Å². The number of nitrogens with zero attached hydrogens (tertiary/aromatic N) is 2. The Morgan fingerprint density at radius 2 is 2.16 bits per heavy atom. The van der Waals surface area contributed by atoms with Gasteiger partial charge in [0.25, 0.3) is 0 Å². The van der Waals surface area contributed by atoms with E-state index in [4.69, 9.17) is 9.41 Å². The van der Waals surface area contributed by atoms with Gasteiger partial charge in [-0.05, 0) is 37.3 Å². The number of aliphatic imine (C=N–C) groups is 1. The summed E-state index contributed by atoms with van der Waals surface area (Å²) in [6.45, 7) is 5.70. The van der Waals surface area contributed by atoms with Crippen LogP contribution in [0.5, 0.6) is 0 Å². The van der Waals surface area contributed by atoms with Crippen LogP contribution in [0.3, 0.4) is 0 Å². The third-order valence-corrected chi connectivity index (χ3v) is 4.39. The SMILES string of the molecule is CCCN=C(NCCc1ccco1)N1CCC(CC(=O)NC)CC1.I. The Morgan fingerprint density at radius 1 is 1.40 bits per heavy atom. The highest BCUT2D eigenvalue weighted by Crippen LogP contribution is 2.20.